The molecule has 0 bridgehead atoms. The third-order valence-electron chi connectivity index (χ3n) is 4.98. The minimum Gasteiger partial charge on any atom is -0.316 e. The average molecular weight is 425 g/mol. The second-order valence-electron chi connectivity index (χ2n) is 7.02. The summed E-state index contributed by atoms with van der Waals surface area (Å²) in [6, 6.07) is 14.7. The average Bonchev–Trinajstić information content (AvgIpc) is 2.99. The van der Waals surface area contributed by atoms with Crippen molar-refractivity contribution < 1.29 is 4.39 Å². The molecule has 3 aromatic rings. The number of halogens is 2. The molecule has 5 heteroatoms. The Morgan fingerprint density at radius 3 is 2.52 bits per heavy atom. The van der Waals surface area contributed by atoms with Gasteiger partial charge in [0.15, 0.2) is 0 Å². The molecule has 29 heavy (non-hydrogen) atoms. The molecule has 1 aromatic heterocycles. The lowest BCUT2D eigenvalue weighted by Gasteiger charge is -2.13. The predicted molar refractivity (Wildman–Crippen MR) is 121 cm³/mol. The number of fused-ring (bicyclic) bond motifs is 1. The Morgan fingerprint density at radius 1 is 0.966 bits per heavy atom. The molecule has 2 aromatic carbocycles. The van der Waals surface area contributed by atoms with Gasteiger partial charge in [0.05, 0.1) is 10.7 Å². The molecular formula is C24H22ClFN2S. The van der Waals surface area contributed by atoms with Crippen LogP contribution in [0.1, 0.15) is 27.9 Å². The Morgan fingerprint density at radius 2 is 1.72 bits per heavy atom. The molecule has 148 valence electrons. The van der Waals surface area contributed by atoms with Gasteiger partial charge < -0.3 is 5.32 Å². The van der Waals surface area contributed by atoms with Crippen LogP contribution in [-0.4, -0.2) is 18.1 Å². The fourth-order valence-electron chi connectivity index (χ4n) is 3.40. The summed E-state index contributed by atoms with van der Waals surface area (Å²) < 4.78 is 13.0. The first kappa shape index (κ1) is 20.1. The third-order valence-corrected chi connectivity index (χ3v) is 6.60. The van der Waals surface area contributed by atoms with E-state index in [0.717, 1.165) is 53.5 Å². The molecule has 0 spiro atoms. The number of nitrogens with zero attached hydrogens (tertiary/aromatic N) is 1. The summed E-state index contributed by atoms with van der Waals surface area (Å²) in [4.78, 5) is 5.78. The lowest BCUT2D eigenvalue weighted by Crippen LogP contribution is -2.16. The van der Waals surface area contributed by atoms with Gasteiger partial charge in [-0.3, -0.25) is 4.98 Å². The number of hydrogen-bond acceptors (Lipinski definition) is 3. The Kier molecular flexibility index (Phi) is 6.65. The second-order valence-corrected chi connectivity index (χ2v) is 8.41. The number of aromatic nitrogens is 1. The molecule has 0 aliphatic carbocycles. The minimum atomic E-state index is -0.225. The van der Waals surface area contributed by atoms with Gasteiger partial charge in [0.25, 0.3) is 0 Å². The molecule has 0 amide bonds. The van der Waals surface area contributed by atoms with Crippen LogP contribution in [0.4, 0.5) is 4.39 Å². The molecule has 2 nitrogen and oxygen atoms in total. The van der Waals surface area contributed by atoms with E-state index in [0.29, 0.717) is 0 Å². The van der Waals surface area contributed by atoms with Gasteiger partial charge in [-0.05, 0) is 72.5 Å². The Bertz CT molecular complexity index is 1000. The zero-order valence-corrected chi connectivity index (χ0v) is 17.6. The van der Waals surface area contributed by atoms with Crippen molar-refractivity contribution in [1.82, 2.24) is 10.3 Å². The van der Waals surface area contributed by atoms with Gasteiger partial charge in [-0.2, -0.15) is 0 Å². The van der Waals surface area contributed by atoms with E-state index in [1.807, 2.05) is 24.4 Å². The van der Waals surface area contributed by atoms with Crippen LogP contribution in [0.3, 0.4) is 0 Å². The summed E-state index contributed by atoms with van der Waals surface area (Å²) in [5.74, 6) is 0.559. The maximum atomic E-state index is 13.0. The predicted octanol–water partition coefficient (Wildman–Crippen LogP) is 6.03. The lowest BCUT2D eigenvalue weighted by molar-refractivity contribution is 0.628. The molecule has 0 unspecified atom stereocenters. The molecule has 2 heterocycles. The number of nitrogens with one attached hydrogen (secondary N) is 1. The van der Waals surface area contributed by atoms with E-state index in [-0.39, 0.29) is 5.82 Å². The summed E-state index contributed by atoms with van der Waals surface area (Å²) in [7, 11) is 0. The van der Waals surface area contributed by atoms with E-state index in [2.05, 4.69) is 28.5 Å². The summed E-state index contributed by atoms with van der Waals surface area (Å²) >= 11 is 8.29. The Hall–Kier alpha value is -2.14. The van der Waals surface area contributed by atoms with Gasteiger partial charge >= 0.3 is 0 Å². The smallest absolute Gasteiger partial charge is 0.123 e. The molecule has 4 rings (SSSR count). The summed E-state index contributed by atoms with van der Waals surface area (Å²) in [5, 5.41) is 4.29. The van der Waals surface area contributed by atoms with E-state index in [4.69, 9.17) is 11.6 Å². The lowest BCUT2D eigenvalue weighted by atomic mass is 10.0. The van der Waals surface area contributed by atoms with Crippen LogP contribution in [0.25, 0.3) is 12.2 Å². The largest absolute Gasteiger partial charge is 0.316 e. The van der Waals surface area contributed by atoms with E-state index in [1.54, 1.807) is 23.9 Å². The highest BCUT2D eigenvalue weighted by Crippen LogP contribution is 2.35. The first-order valence-corrected chi connectivity index (χ1v) is 11.1. The Balaban J connectivity index is 1.43. The maximum absolute atomic E-state index is 13.0. The van der Waals surface area contributed by atoms with Crippen LogP contribution in [0.15, 0.2) is 59.6 Å². The van der Waals surface area contributed by atoms with Crippen molar-refractivity contribution in [1.29, 1.82) is 0 Å². The number of benzene rings is 2. The van der Waals surface area contributed by atoms with Crippen LogP contribution >= 0.6 is 23.4 Å². The minimum absolute atomic E-state index is 0.225. The van der Waals surface area contributed by atoms with E-state index in [9.17, 15) is 4.39 Å². The standard InChI is InChI=1S/C24H22ClFN2S/c25-23-10-6-19-11-13-27-14-12-22(19)24(23)29-16-21-9-5-18(15-28-21)2-1-17-3-7-20(26)8-4-17/h1-10,15,27H,11-14,16H2. The number of hydrogen-bond donors (Lipinski definition) is 1. The zero-order valence-electron chi connectivity index (χ0n) is 16.0. The van der Waals surface area contributed by atoms with Crippen molar-refractivity contribution in [2.45, 2.75) is 23.5 Å². The monoisotopic (exact) mass is 424 g/mol. The van der Waals surface area contributed by atoms with Gasteiger partial charge in [-0.15, -0.1) is 11.8 Å². The van der Waals surface area contributed by atoms with Crippen LogP contribution in [-0.2, 0) is 18.6 Å². The maximum Gasteiger partial charge on any atom is 0.123 e. The quantitative estimate of drug-likeness (QED) is 0.506. The van der Waals surface area contributed by atoms with Gasteiger partial charge in [0.2, 0.25) is 0 Å². The Labute approximate surface area is 180 Å². The summed E-state index contributed by atoms with van der Waals surface area (Å²) in [6.07, 6.45) is 7.87. The molecule has 1 aliphatic rings. The fourth-order valence-corrected chi connectivity index (χ4v) is 4.82. The number of rotatable bonds is 5. The van der Waals surface area contributed by atoms with Crippen LogP contribution in [0, 0.1) is 5.82 Å². The van der Waals surface area contributed by atoms with Gasteiger partial charge in [0.1, 0.15) is 5.82 Å². The fraction of sp³-hybridized carbons (Fsp3) is 0.208. The van der Waals surface area contributed by atoms with Crippen molar-refractivity contribution >= 4 is 35.5 Å². The van der Waals surface area contributed by atoms with Crippen LogP contribution in [0.5, 0.6) is 0 Å². The van der Waals surface area contributed by atoms with Crippen molar-refractivity contribution in [3.8, 4) is 0 Å². The SMILES string of the molecule is Fc1ccc(C=Cc2ccc(CSc3c(Cl)ccc4c3CCNCC4)nc2)cc1. The molecule has 0 saturated heterocycles. The van der Waals surface area contributed by atoms with Gasteiger partial charge in [0, 0.05) is 16.8 Å². The summed E-state index contributed by atoms with van der Waals surface area (Å²) in [6.45, 7) is 2.02. The molecule has 1 aliphatic heterocycles. The van der Waals surface area contributed by atoms with Gasteiger partial charge in [-0.1, -0.05) is 48.0 Å². The van der Waals surface area contributed by atoms with E-state index in [1.165, 1.54) is 28.2 Å². The van der Waals surface area contributed by atoms with Crippen molar-refractivity contribution in [3.05, 3.63) is 93.5 Å². The van der Waals surface area contributed by atoms with Crippen LogP contribution < -0.4 is 5.32 Å². The molecule has 0 radical (unpaired) electrons. The van der Waals surface area contributed by atoms with Gasteiger partial charge in [-0.25, -0.2) is 4.39 Å². The number of thioether (sulfide) groups is 1. The highest BCUT2D eigenvalue weighted by molar-refractivity contribution is 7.98. The molecule has 0 saturated carbocycles. The second kappa shape index (κ2) is 9.57. The topological polar surface area (TPSA) is 24.9 Å². The zero-order chi connectivity index (χ0) is 20.1. The number of pyridine rings is 1. The van der Waals surface area contributed by atoms with Crippen molar-refractivity contribution in [2.75, 3.05) is 13.1 Å². The van der Waals surface area contributed by atoms with E-state index >= 15 is 0 Å². The molecule has 0 atom stereocenters. The van der Waals surface area contributed by atoms with Crippen LogP contribution in [0.2, 0.25) is 5.02 Å². The highest BCUT2D eigenvalue weighted by Gasteiger charge is 2.15. The molecule has 0 fully saturated rings. The normalized spacial score (nSPS) is 14.0. The first-order chi connectivity index (χ1) is 14.2. The van der Waals surface area contributed by atoms with Crippen molar-refractivity contribution in [2.24, 2.45) is 0 Å². The molecule has 1 N–H and O–H groups in total. The summed E-state index contributed by atoms with van der Waals surface area (Å²) in [5.41, 5.74) is 5.78. The van der Waals surface area contributed by atoms with E-state index < -0.39 is 0 Å². The highest BCUT2D eigenvalue weighted by atomic mass is 35.5. The van der Waals surface area contributed by atoms with Crippen molar-refractivity contribution in [3.63, 3.8) is 0 Å². The third kappa shape index (κ3) is 5.27. The molecular weight excluding hydrogens is 403 g/mol. The first-order valence-electron chi connectivity index (χ1n) is 9.71.